The van der Waals surface area contributed by atoms with Crippen LogP contribution in [-0.2, 0) is 0 Å². The Morgan fingerprint density at radius 3 is 2.38 bits per heavy atom. The molecule has 26 heavy (non-hydrogen) atoms. The van der Waals surface area contributed by atoms with Crippen molar-refractivity contribution in [3.63, 3.8) is 0 Å². The van der Waals surface area contributed by atoms with Gasteiger partial charge in [0, 0.05) is 15.4 Å². The Bertz CT molecular complexity index is 1470. The van der Waals surface area contributed by atoms with E-state index in [1.54, 1.807) is 6.07 Å². The van der Waals surface area contributed by atoms with Crippen molar-refractivity contribution >= 4 is 65.7 Å². The number of rotatable bonds is 0. The van der Waals surface area contributed by atoms with E-state index < -0.39 is 0 Å². The second kappa shape index (κ2) is 5.29. The summed E-state index contributed by atoms with van der Waals surface area (Å²) < 4.78 is 3.06. The number of imidazole rings is 1. The summed E-state index contributed by atoms with van der Waals surface area (Å²) in [6, 6.07) is 17.7. The minimum absolute atomic E-state index is 0.364. The highest BCUT2D eigenvalue weighted by molar-refractivity contribution is 9.10. The number of para-hydroxylation sites is 2. The Morgan fingerprint density at radius 2 is 1.58 bits per heavy atom. The molecule has 120 valence electrons. The maximum Gasteiger partial charge on any atom is 0.196 e. The fraction of sp³-hybridized carbons (Fsp3) is 0. The van der Waals surface area contributed by atoms with Gasteiger partial charge in [0.1, 0.15) is 5.65 Å². The SMILES string of the molecule is [C-]#[N+]c1cc2c3ccc(Br)cc3c3nc4ccccc4n3c2cc1[N+]#[C-]. The van der Waals surface area contributed by atoms with Crippen LogP contribution in [0.2, 0.25) is 0 Å². The average Bonchev–Trinajstić information content (AvgIpc) is 3.07. The standard InChI is InChI=1S/C21H9BrN4/c1-23-17-10-14-13-8-7-12(22)9-15(13)21-25-16-5-3-4-6-19(16)26(21)20(14)11-18(17)24-2/h3-11H. The van der Waals surface area contributed by atoms with E-state index in [1.165, 1.54) is 0 Å². The van der Waals surface area contributed by atoms with E-state index >= 15 is 0 Å². The van der Waals surface area contributed by atoms with Crippen LogP contribution in [0, 0.1) is 13.1 Å². The van der Waals surface area contributed by atoms with E-state index in [0.29, 0.717) is 11.4 Å². The topological polar surface area (TPSA) is 26.0 Å². The number of hydrogen-bond donors (Lipinski definition) is 0. The molecular formula is C21H9BrN4. The number of benzene rings is 3. The van der Waals surface area contributed by atoms with Gasteiger partial charge in [-0.3, -0.25) is 14.1 Å². The molecule has 0 spiro atoms. The molecule has 0 bridgehead atoms. The van der Waals surface area contributed by atoms with Crippen LogP contribution >= 0.6 is 15.9 Å². The van der Waals surface area contributed by atoms with Gasteiger partial charge in [0.05, 0.1) is 24.2 Å². The van der Waals surface area contributed by atoms with E-state index in [-0.39, 0.29) is 0 Å². The molecule has 0 aliphatic heterocycles. The van der Waals surface area contributed by atoms with Crippen molar-refractivity contribution < 1.29 is 0 Å². The van der Waals surface area contributed by atoms with Crippen molar-refractivity contribution in [2.75, 3.05) is 0 Å². The maximum atomic E-state index is 7.44. The van der Waals surface area contributed by atoms with Crippen molar-refractivity contribution in [3.05, 3.63) is 81.9 Å². The summed E-state index contributed by atoms with van der Waals surface area (Å²) in [6.07, 6.45) is 0. The summed E-state index contributed by atoms with van der Waals surface area (Å²) >= 11 is 3.55. The molecule has 0 amide bonds. The predicted molar refractivity (Wildman–Crippen MR) is 108 cm³/mol. The van der Waals surface area contributed by atoms with Crippen LogP contribution in [0.1, 0.15) is 0 Å². The van der Waals surface area contributed by atoms with Gasteiger partial charge in [0.15, 0.2) is 11.4 Å². The van der Waals surface area contributed by atoms with E-state index in [9.17, 15) is 0 Å². The number of nitrogens with zero attached hydrogens (tertiary/aromatic N) is 4. The zero-order valence-corrected chi connectivity index (χ0v) is 14.9. The smallest absolute Gasteiger partial charge is 0.196 e. The summed E-state index contributed by atoms with van der Waals surface area (Å²) in [4.78, 5) is 11.9. The second-order valence-corrected chi connectivity index (χ2v) is 6.95. The molecule has 0 unspecified atom stereocenters. The second-order valence-electron chi connectivity index (χ2n) is 6.03. The first-order valence-electron chi connectivity index (χ1n) is 7.92. The molecule has 0 N–H and O–H groups in total. The van der Waals surface area contributed by atoms with Crippen LogP contribution in [0.3, 0.4) is 0 Å². The Labute approximate surface area is 157 Å². The molecule has 0 saturated carbocycles. The van der Waals surface area contributed by atoms with Gasteiger partial charge in [0.2, 0.25) is 0 Å². The van der Waals surface area contributed by atoms with Crippen molar-refractivity contribution in [2.24, 2.45) is 0 Å². The van der Waals surface area contributed by atoms with Gasteiger partial charge < -0.3 is 0 Å². The minimum Gasteiger partial charge on any atom is -0.293 e. The molecule has 5 aromatic rings. The van der Waals surface area contributed by atoms with E-state index in [0.717, 1.165) is 42.8 Å². The lowest BCUT2D eigenvalue weighted by molar-refractivity contribution is 1.32. The zero-order chi connectivity index (χ0) is 17.8. The van der Waals surface area contributed by atoms with Crippen LogP contribution < -0.4 is 0 Å². The number of aromatic nitrogens is 2. The lowest BCUT2D eigenvalue weighted by Crippen LogP contribution is -1.91. The van der Waals surface area contributed by atoms with E-state index in [1.807, 2.05) is 42.5 Å². The normalized spacial score (nSPS) is 11.2. The average molecular weight is 397 g/mol. The highest BCUT2D eigenvalue weighted by Gasteiger charge is 2.16. The molecule has 0 atom stereocenters. The summed E-state index contributed by atoms with van der Waals surface area (Å²) in [5.74, 6) is 0. The highest BCUT2D eigenvalue weighted by atomic mass is 79.9. The summed E-state index contributed by atoms with van der Waals surface area (Å²) in [5, 5.41) is 2.98. The number of fused-ring (bicyclic) bond motifs is 8. The molecule has 0 fully saturated rings. The first-order valence-corrected chi connectivity index (χ1v) is 8.71. The monoisotopic (exact) mass is 396 g/mol. The third kappa shape index (κ3) is 1.89. The molecule has 3 aromatic carbocycles. The van der Waals surface area contributed by atoms with Crippen LogP contribution in [0.4, 0.5) is 11.4 Å². The Hall–Kier alpha value is -3.41. The summed E-state index contributed by atoms with van der Waals surface area (Å²) in [7, 11) is 0. The van der Waals surface area contributed by atoms with Crippen molar-refractivity contribution in [2.45, 2.75) is 0 Å². The molecular weight excluding hydrogens is 388 g/mol. The van der Waals surface area contributed by atoms with Gasteiger partial charge >= 0.3 is 0 Å². The summed E-state index contributed by atoms with van der Waals surface area (Å²) in [5.41, 5.74) is 4.37. The molecule has 5 rings (SSSR count). The van der Waals surface area contributed by atoms with Crippen LogP contribution in [0.15, 0.2) is 59.1 Å². The van der Waals surface area contributed by atoms with Crippen LogP contribution in [0.25, 0.3) is 48.0 Å². The van der Waals surface area contributed by atoms with Crippen LogP contribution in [0.5, 0.6) is 0 Å². The van der Waals surface area contributed by atoms with Crippen molar-refractivity contribution in [1.82, 2.24) is 9.38 Å². The Morgan fingerprint density at radius 1 is 0.808 bits per heavy atom. The van der Waals surface area contributed by atoms with Gasteiger partial charge in [-0.15, -0.1) is 0 Å². The molecule has 5 heteroatoms. The molecule has 0 radical (unpaired) electrons. The van der Waals surface area contributed by atoms with Crippen molar-refractivity contribution in [3.8, 4) is 0 Å². The van der Waals surface area contributed by atoms with E-state index in [4.69, 9.17) is 18.1 Å². The number of halogens is 1. The lowest BCUT2D eigenvalue weighted by atomic mass is 10.0. The first-order chi connectivity index (χ1) is 12.7. The fourth-order valence-electron chi connectivity index (χ4n) is 3.53. The first kappa shape index (κ1) is 14.9. The van der Waals surface area contributed by atoms with E-state index in [2.05, 4.69) is 36.1 Å². The van der Waals surface area contributed by atoms with Crippen LogP contribution in [-0.4, -0.2) is 9.38 Å². The molecule has 0 aliphatic carbocycles. The van der Waals surface area contributed by atoms with Crippen molar-refractivity contribution in [1.29, 1.82) is 0 Å². The molecule has 2 aromatic heterocycles. The quantitative estimate of drug-likeness (QED) is 0.212. The lowest BCUT2D eigenvalue weighted by Gasteiger charge is -2.11. The Kier molecular flexibility index (Phi) is 3.03. The Balaban J connectivity index is 2.19. The summed E-state index contributed by atoms with van der Waals surface area (Å²) in [6.45, 7) is 14.9. The number of hydrogen-bond acceptors (Lipinski definition) is 1. The molecule has 0 aliphatic rings. The van der Waals surface area contributed by atoms with Gasteiger partial charge in [-0.1, -0.05) is 40.2 Å². The predicted octanol–water partition coefficient (Wildman–Crippen LogP) is 6.66. The third-order valence-electron chi connectivity index (χ3n) is 4.65. The molecule has 0 saturated heterocycles. The van der Waals surface area contributed by atoms with Gasteiger partial charge in [0.25, 0.3) is 0 Å². The van der Waals surface area contributed by atoms with Gasteiger partial charge in [-0.2, -0.15) is 0 Å². The zero-order valence-electron chi connectivity index (χ0n) is 13.4. The molecule has 2 heterocycles. The maximum absolute atomic E-state index is 7.44. The largest absolute Gasteiger partial charge is 0.293 e. The molecule has 4 nitrogen and oxygen atoms in total. The van der Waals surface area contributed by atoms with Gasteiger partial charge in [-0.05, 0) is 41.1 Å². The fourth-order valence-corrected chi connectivity index (χ4v) is 3.89. The highest BCUT2D eigenvalue weighted by Crippen LogP contribution is 2.39. The number of pyridine rings is 1. The third-order valence-corrected chi connectivity index (χ3v) is 5.14. The van der Waals surface area contributed by atoms with Gasteiger partial charge in [-0.25, -0.2) is 4.98 Å². The minimum atomic E-state index is 0.364.